The molecule has 0 heterocycles. The Morgan fingerprint density at radius 2 is 1.15 bits per heavy atom. The molecular weight excluding hydrogens is 432 g/mol. The Labute approximate surface area is 191 Å². The molecule has 0 bridgehead atoms. The summed E-state index contributed by atoms with van der Waals surface area (Å²) in [4.78, 5) is 21.3. The number of ether oxygens (including phenoxy) is 5. The van der Waals surface area contributed by atoms with Gasteiger partial charge in [0.15, 0.2) is 0 Å². The molecule has 176 valence electrons. The van der Waals surface area contributed by atoms with Gasteiger partial charge in [0.1, 0.15) is 36.2 Å². The van der Waals surface area contributed by atoms with Crippen LogP contribution in [0.2, 0.25) is 0 Å². The van der Waals surface area contributed by atoms with E-state index in [4.69, 9.17) is 33.9 Å². The van der Waals surface area contributed by atoms with E-state index < -0.39 is 11.9 Å². The molecule has 0 unspecified atom stereocenters. The summed E-state index contributed by atoms with van der Waals surface area (Å²) in [6, 6.07) is 10.2. The SMILES string of the molecule is COc1cc(OCCOCCOc2ccc(C=CC(=O)O)c(OC)c2)ccc1C=CC(=O)O. The van der Waals surface area contributed by atoms with Crippen molar-refractivity contribution in [3.8, 4) is 23.0 Å². The molecule has 0 aliphatic rings. The molecule has 2 N–H and O–H groups in total. The van der Waals surface area contributed by atoms with E-state index in [1.54, 1.807) is 36.4 Å². The second-order valence-electron chi connectivity index (χ2n) is 6.46. The lowest BCUT2D eigenvalue weighted by Crippen LogP contribution is -2.12. The maximum absolute atomic E-state index is 10.7. The van der Waals surface area contributed by atoms with Gasteiger partial charge in [-0.25, -0.2) is 9.59 Å². The van der Waals surface area contributed by atoms with Crippen LogP contribution in [0.1, 0.15) is 11.1 Å². The first kappa shape index (κ1) is 25.3. The highest BCUT2D eigenvalue weighted by molar-refractivity contribution is 5.86. The van der Waals surface area contributed by atoms with E-state index in [9.17, 15) is 9.59 Å². The summed E-state index contributed by atoms with van der Waals surface area (Å²) in [7, 11) is 2.99. The highest BCUT2D eigenvalue weighted by atomic mass is 16.5. The summed E-state index contributed by atoms with van der Waals surface area (Å²) in [6.45, 7) is 1.31. The van der Waals surface area contributed by atoms with Crippen LogP contribution < -0.4 is 18.9 Å². The number of carboxylic acids is 2. The molecule has 2 aromatic rings. The Bertz CT molecular complexity index is 916. The number of hydrogen-bond acceptors (Lipinski definition) is 7. The Morgan fingerprint density at radius 1 is 0.727 bits per heavy atom. The van der Waals surface area contributed by atoms with Crippen LogP contribution in [0.3, 0.4) is 0 Å². The standard InChI is InChI=1S/C24H26O9/c1-29-21-15-19(7-3-17(21)5-9-23(25)26)32-13-11-31-12-14-33-20-8-4-18(6-10-24(27)28)22(16-20)30-2/h3-10,15-16H,11-14H2,1-2H3,(H,25,26)(H,27,28). The Balaban J connectivity index is 1.73. The van der Waals surface area contributed by atoms with E-state index in [2.05, 4.69) is 0 Å². The van der Waals surface area contributed by atoms with E-state index >= 15 is 0 Å². The molecule has 2 aromatic carbocycles. The molecule has 0 atom stereocenters. The van der Waals surface area contributed by atoms with Crippen LogP contribution in [0.25, 0.3) is 12.2 Å². The molecule has 0 saturated carbocycles. The predicted octanol–water partition coefficient (Wildman–Crippen LogP) is 3.37. The maximum atomic E-state index is 10.7. The quantitative estimate of drug-likeness (QED) is 0.324. The summed E-state index contributed by atoms with van der Waals surface area (Å²) < 4.78 is 27.3. The normalized spacial score (nSPS) is 11.0. The van der Waals surface area contributed by atoms with Crippen LogP contribution in [-0.2, 0) is 14.3 Å². The van der Waals surface area contributed by atoms with Gasteiger partial charge in [-0.15, -0.1) is 0 Å². The molecule has 9 nitrogen and oxygen atoms in total. The molecule has 0 aliphatic carbocycles. The van der Waals surface area contributed by atoms with E-state index in [0.29, 0.717) is 60.6 Å². The maximum Gasteiger partial charge on any atom is 0.328 e. The number of methoxy groups -OCH3 is 2. The van der Waals surface area contributed by atoms with Crippen molar-refractivity contribution in [1.82, 2.24) is 0 Å². The van der Waals surface area contributed by atoms with Crippen LogP contribution in [-0.4, -0.2) is 62.8 Å². The van der Waals surface area contributed by atoms with Gasteiger partial charge in [0.25, 0.3) is 0 Å². The monoisotopic (exact) mass is 458 g/mol. The lowest BCUT2D eigenvalue weighted by Gasteiger charge is -2.11. The van der Waals surface area contributed by atoms with Crippen molar-refractivity contribution in [1.29, 1.82) is 0 Å². The summed E-state index contributed by atoms with van der Waals surface area (Å²) in [5.41, 5.74) is 1.26. The summed E-state index contributed by atoms with van der Waals surface area (Å²) in [5, 5.41) is 17.5. The first-order valence-electron chi connectivity index (χ1n) is 9.94. The van der Waals surface area contributed by atoms with Gasteiger partial charge >= 0.3 is 11.9 Å². The molecule has 0 spiro atoms. The summed E-state index contributed by atoms with van der Waals surface area (Å²) >= 11 is 0. The molecule has 0 radical (unpaired) electrons. The average molecular weight is 458 g/mol. The number of carbonyl (C=O) groups is 2. The number of aliphatic carboxylic acids is 2. The lowest BCUT2D eigenvalue weighted by molar-refractivity contribution is -0.132. The first-order chi connectivity index (χ1) is 15.9. The number of hydrogen-bond donors (Lipinski definition) is 2. The highest BCUT2D eigenvalue weighted by Gasteiger charge is 2.05. The van der Waals surface area contributed by atoms with Gasteiger partial charge in [-0.05, 0) is 36.4 Å². The summed E-state index contributed by atoms with van der Waals surface area (Å²) in [5.74, 6) is 0.0650. The minimum absolute atomic E-state index is 0.311. The molecule has 2 rings (SSSR count). The van der Waals surface area contributed by atoms with Gasteiger partial charge in [-0.3, -0.25) is 0 Å². The van der Waals surface area contributed by atoms with Crippen LogP contribution in [0.4, 0.5) is 0 Å². The van der Waals surface area contributed by atoms with Crippen molar-refractivity contribution in [2.24, 2.45) is 0 Å². The third-order valence-electron chi connectivity index (χ3n) is 4.21. The van der Waals surface area contributed by atoms with Gasteiger partial charge in [0, 0.05) is 35.4 Å². The first-order valence-corrected chi connectivity index (χ1v) is 9.94. The van der Waals surface area contributed by atoms with E-state index in [0.717, 1.165) is 12.2 Å². The third kappa shape index (κ3) is 8.96. The molecule has 0 amide bonds. The van der Waals surface area contributed by atoms with Crippen molar-refractivity contribution in [3.05, 3.63) is 59.7 Å². The van der Waals surface area contributed by atoms with E-state index in [1.807, 2.05) is 0 Å². The molecule has 33 heavy (non-hydrogen) atoms. The van der Waals surface area contributed by atoms with Crippen molar-refractivity contribution in [3.63, 3.8) is 0 Å². The molecule has 0 aromatic heterocycles. The zero-order valence-corrected chi connectivity index (χ0v) is 18.4. The average Bonchev–Trinajstić information content (AvgIpc) is 2.81. The zero-order valence-electron chi connectivity index (χ0n) is 18.4. The van der Waals surface area contributed by atoms with Crippen LogP contribution >= 0.6 is 0 Å². The molecule has 9 heteroatoms. The van der Waals surface area contributed by atoms with Gasteiger partial charge in [0.2, 0.25) is 0 Å². The highest BCUT2D eigenvalue weighted by Crippen LogP contribution is 2.27. The minimum atomic E-state index is -1.04. The summed E-state index contributed by atoms with van der Waals surface area (Å²) in [6.07, 6.45) is 4.97. The van der Waals surface area contributed by atoms with Crippen LogP contribution in [0.15, 0.2) is 48.6 Å². The Kier molecular flexibility index (Phi) is 10.3. The van der Waals surface area contributed by atoms with Crippen molar-refractivity contribution in [2.45, 2.75) is 0 Å². The third-order valence-corrected chi connectivity index (χ3v) is 4.21. The van der Waals surface area contributed by atoms with Gasteiger partial charge in [-0.2, -0.15) is 0 Å². The molecular formula is C24H26O9. The lowest BCUT2D eigenvalue weighted by atomic mass is 10.2. The topological polar surface area (TPSA) is 121 Å². The van der Waals surface area contributed by atoms with Crippen molar-refractivity contribution in [2.75, 3.05) is 40.6 Å². The van der Waals surface area contributed by atoms with E-state index in [1.165, 1.54) is 26.4 Å². The largest absolute Gasteiger partial charge is 0.496 e. The fraction of sp³-hybridized carbons (Fsp3) is 0.250. The number of carboxylic acid groups (broad SMARTS) is 2. The van der Waals surface area contributed by atoms with Gasteiger partial charge in [-0.1, -0.05) is 0 Å². The molecule has 0 fully saturated rings. The number of rotatable bonds is 14. The van der Waals surface area contributed by atoms with Crippen LogP contribution in [0, 0.1) is 0 Å². The minimum Gasteiger partial charge on any atom is -0.496 e. The molecule has 0 saturated heterocycles. The fourth-order valence-electron chi connectivity index (χ4n) is 2.70. The smallest absolute Gasteiger partial charge is 0.328 e. The van der Waals surface area contributed by atoms with Crippen LogP contribution in [0.5, 0.6) is 23.0 Å². The Hall–Kier alpha value is -3.98. The predicted molar refractivity (Wildman–Crippen MR) is 121 cm³/mol. The van der Waals surface area contributed by atoms with Crippen molar-refractivity contribution >= 4 is 24.1 Å². The van der Waals surface area contributed by atoms with Gasteiger partial charge < -0.3 is 33.9 Å². The van der Waals surface area contributed by atoms with E-state index in [-0.39, 0.29) is 0 Å². The Morgan fingerprint density at radius 3 is 1.52 bits per heavy atom. The molecule has 0 aliphatic heterocycles. The second-order valence-corrected chi connectivity index (χ2v) is 6.46. The number of benzene rings is 2. The fourth-order valence-corrected chi connectivity index (χ4v) is 2.70. The van der Waals surface area contributed by atoms with Crippen molar-refractivity contribution < 1.29 is 43.5 Å². The van der Waals surface area contributed by atoms with Gasteiger partial charge in [0.05, 0.1) is 27.4 Å². The second kappa shape index (κ2) is 13.4. The zero-order chi connectivity index (χ0) is 24.1.